The first-order valence-electron chi connectivity index (χ1n) is 6.74. The van der Waals surface area contributed by atoms with Gasteiger partial charge in [-0.1, -0.05) is 28.1 Å². The number of pyridine rings is 1. The fraction of sp³-hybridized carbons (Fsp3) is 0.118. The molecule has 0 aliphatic rings. The van der Waals surface area contributed by atoms with E-state index in [2.05, 4.69) is 45.0 Å². The maximum absolute atomic E-state index is 6.31. The summed E-state index contributed by atoms with van der Waals surface area (Å²) in [5.41, 5.74) is 10.3. The molecule has 3 rings (SSSR count). The summed E-state index contributed by atoms with van der Waals surface area (Å²) in [4.78, 5) is 6.49. The molecule has 2 N–H and O–H groups in total. The Labute approximate surface area is 132 Å². The summed E-state index contributed by atoms with van der Waals surface area (Å²) in [6.07, 6.45) is 1.78. The Morgan fingerprint density at radius 1 is 1.14 bits per heavy atom. The molecule has 0 saturated heterocycles. The first-order valence-corrected chi connectivity index (χ1v) is 7.53. The van der Waals surface area contributed by atoms with E-state index in [1.807, 2.05) is 36.4 Å². The first-order chi connectivity index (χ1) is 10.1. The lowest BCUT2D eigenvalue weighted by Crippen LogP contribution is -2.17. The maximum atomic E-state index is 6.31. The predicted molar refractivity (Wildman–Crippen MR) is 92.4 cm³/mol. The molecule has 0 saturated carbocycles. The zero-order valence-corrected chi connectivity index (χ0v) is 13.3. The normalized spacial score (nSPS) is 10.8. The minimum absolute atomic E-state index is 0.776. The van der Waals surface area contributed by atoms with Crippen molar-refractivity contribution < 1.29 is 0 Å². The third kappa shape index (κ3) is 2.85. The number of rotatable bonds is 3. The highest BCUT2D eigenvalue weighted by atomic mass is 79.9. The molecule has 0 fully saturated rings. The first kappa shape index (κ1) is 13.9. The van der Waals surface area contributed by atoms with E-state index < -0.39 is 0 Å². The van der Waals surface area contributed by atoms with Crippen LogP contribution in [0.2, 0.25) is 0 Å². The number of hydrogen-bond donors (Lipinski definition) is 1. The maximum Gasteiger partial charge on any atom is 0.0724 e. The van der Waals surface area contributed by atoms with Crippen molar-refractivity contribution in [1.29, 1.82) is 0 Å². The van der Waals surface area contributed by atoms with Crippen molar-refractivity contribution in [3.8, 4) is 0 Å². The van der Waals surface area contributed by atoms with E-state index in [1.165, 1.54) is 5.56 Å². The van der Waals surface area contributed by atoms with E-state index in [0.29, 0.717) is 0 Å². The third-order valence-electron chi connectivity index (χ3n) is 3.52. The molecule has 1 heterocycles. The summed E-state index contributed by atoms with van der Waals surface area (Å²) in [6.45, 7) is 0.801. The number of fused-ring (bicyclic) bond motifs is 1. The lowest BCUT2D eigenvalue weighted by atomic mass is 10.1. The minimum atomic E-state index is 0.776. The fourth-order valence-corrected chi connectivity index (χ4v) is 2.94. The van der Waals surface area contributed by atoms with Crippen LogP contribution < -0.4 is 10.6 Å². The summed E-state index contributed by atoms with van der Waals surface area (Å²) >= 11 is 3.50. The largest absolute Gasteiger partial charge is 0.396 e. The van der Waals surface area contributed by atoms with Gasteiger partial charge in [0.15, 0.2) is 0 Å². The van der Waals surface area contributed by atoms with Crippen molar-refractivity contribution in [1.82, 2.24) is 4.98 Å². The van der Waals surface area contributed by atoms with Crippen molar-refractivity contribution in [2.24, 2.45) is 0 Å². The second-order valence-corrected chi connectivity index (χ2v) is 5.97. The lowest BCUT2D eigenvalue weighted by molar-refractivity contribution is 0.925. The van der Waals surface area contributed by atoms with Crippen molar-refractivity contribution in [2.75, 3.05) is 17.7 Å². The van der Waals surface area contributed by atoms with Crippen LogP contribution in [0, 0.1) is 0 Å². The van der Waals surface area contributed by atoms with Gasteiger partial charge in [0.05, 0.1) is 16.9 Å². The minimum Gasteiger partial charge on any atom is -0.396 e. The molecule has 0 aliphatic carbocycles. The average Bonchev–Trinajstić information content (AvgIpc) is 2.48. The van der Waals surface area contributed by atoms with Gasteiger partial charge >= 0.3 is 0 Å². The molecule has 0 amide bonds. The third-order valence-corrected chi connectivity index (χ3v) is 4.02. The molecule has 0 bridgehead atoms. The Bertz CT molecular complexity index is 786. The number of nitrogen functional groups attached to an aromatic ring is 1. The predicted octanol–water partition coefficient (Wildman–Crippen LogP) is 4.22. The van der Waals surface area contributed by atoms with E-state index in [0.717, 1.165) is 33.3 Å². The standard InChI is InChI=1S/C17H16BrN3/c1-21(11-12-4-2-5-13(18)10-12)16-8-7-15-14(17(16)19)6-3-9-20-15/h2-10H,11,19H2,1H3. The molecular weight excluding hydrogens is 326 g/mol. The van der Waals surface area contributed by atoms with E-state index >= 15 is 0 Å². The van der Waals surface area contributed by atoms with E-state index in [1.54, 1.807) is 6.20 Å². The SMILES string of the molecule is CN(Cc1cccc(Br)c1)c1ccc2ncccc2c1N. The summed E-state index contributed by atoms with van der Waals surface area (Å²) in [5.74, 6) is 0. The van der Waals surface area contributed by atoms with Gasteiger partial charge in [-0.2, -0.15) is 0 Å². The molecule has 0 radical (unpaired) electrons. The molecule has 1 aromatic heterocycles. The van der Waals surface area contributed by atoms with Gasteiger partial charge in [-0.15, -0.1) is 0 Å². The number of aromatic nitrogens is 1. The van der Waals surface area contributed by atoms with Gasteiger partial charge in [-0.3, -0.25) is 4.98 Å². The van der Waals surface area contributed by atoms with Crippen molar-refractivity contribution in [3.63, 3.8) is 0 Å². The quantitative estimate of drug-likeness (QED) is 0.725. The molecule has 3 aromatic rings. The zero-order chi connectivity index (χ0) is 14.8. The van der Waals surface area contributed by atoms with Crippen LogP contribution >= 0.6 is 15.9 Å². The molecule has 4 heteroatoms. The molecule has 2 aromatic carbocycles. The molecule has 0 aliphatic heterocycles. The monoisotopic (exact) mass is 341 g/mol. The van der Waals surface area contributed by atoms with Gasteiger partial charge in [0.2, 0.25) is 0 Å². The van der Waals surface area contributed by atoms with Gasteiger partial charge in [0.25, 0.3) is 0 Å². The molecule has 3 nitrogen and oxygen atoms in total. The summed E-state index contributed by atoms with van der Waals surface area (Å²) in [6, 6.07) is 16.3. The van der Waals surface area contributed by atoms with E-state index in [-0.39, 0.29) is 0 Å². The average molecular weight is 342 g/mol. The molecule has 0 unspecified atom stereocenters. The Hall–Kier alpha value is -2.07. The topological polar surface area (TPSA) is 42.2 Å². The van der Waals surface area contributed by atoms with Crippen LogP contribution in [0.4, 0.5) is 11.4 Å². The highest BCUT2D eigenvalue weighted by Crippen LogP contribution is 2.30. The number of benzene rings is 2. The lowest BCUT2D eigenvalue weighted by Gasteiger charge is -2.22. The van der Waals surface area contributed by atoms with Gasteiger partial charge in [0, 0.05) is 29.6 Å². The number of nitrogens with two attached hydrogens (primary N) is 1. The van der Waals surface area contributed by atoms with E-state index in [4.69, 9.17) is 5.73 Å². The van der Waals surface area contributed by atoms with Crippen LogP contribution in [0.1, 0.15) is 5.56 Å². The number of nitrogens with zero attached hydrogens (tertiary/aromatic N) is 2. The summed E-state index contributed by atoms with van der Waals surface area (Å²) in [5, 5.41) is 0.996. The van der Waals surface area contributed by atoms with Crippen molar-refractivity contribution >= 4 is 38.2 Å². The Morgan fingerprint density at radius 2 is 2.00 bits per heavy atom. The number of halogens is 1. The van der Waals surface area contributed by atoms with Crippen LogP contribution in [-0.4, -0.2) is 12.0 Å². The highest BCUT2D eigenvalue weighted by molar-refractivity contribution is 9.10. The highest BCUT2D eigenvalue weighted by Gasteiger charge is 2.09. The van der Waals surface area contributed by atoms with Gasteiger partial charge in [-0.25, -0.2) is 0 Å². The Balaban J connectivity index is 1.94. The Kier molecular flexibility index (Phi) is 3.80. The summed E-state index contributed by atoms with van der Waals surface area (Å²) < 4.78 is 1.09. The fourth-order valence-electron chi connectivity index (χ4n) is 2.49. The van der Waals surface area contributed by atoms with Crippen LogP contribution in [0.15, 0.2) is 59.2 Å². The summed E-state index contributed by atoms with van der Waals surface area (Å²) in [7, 11) is 2.05. The Morgan fingerprint density at radius 3 is 2.81 bits per heavy atom. The van der Waals surface area contributed by atoms with E-state index in [9.17, 15) is 0 Å². The van der Waals surface area contributed by atoms with Crippen LogP contribution in [-0.2, 0) is 6.54 Å². The van der Waals surface area contributed by atoms with Crippen molar-refractivity contribution in [2.45, 2.75) is 6.54 Å². The van der Waals surface area contributed by atoms with Crippen LogP contribution in [0.3, 0.4) is 0 Å². The number of anilines is 2. The molecule has 0 spiro atoms. The van der Waals surface area contributed by atoms with Gasteiger partial charge in [-0.05, 0) is 42.0 Å². The molecule has 106 valence electrons. The zero-order valence-electron chi connectivity index (χ0n) is 11.8. The van der Waals surface area contributed by atoms with Crippen LogP contribution in [0.25, 0.3) is 10.9 Å². The molecular formula is C17H16BrN3. The second kappa shape index (κ2) is 5.74. The molecule has 0 atom stereocenters. The smallest absolute Gasteiger partial charge is 0.0724 e. The van der Waals surface area contributed by atoms with Crippen molar-refractivity contribution in [3.05, 3.63) is 64.8 Å². The van der Waals surface area contributed by atoms with Gasteiger partial charge < -0.3 is 10.6 Å². The number of hydrogen-bond acceptors (Lipinski definition) is 3. The van der Waals surface area contributed by atoms with Gasteiger partial charge in [0.1, 0.15) is 0 Å². The van der Waals surface area contributed by atoms with Crippen LogP contribution in [0.5, 0.6) is 0 Å². The molecule has 21 heavy (non-hydrogen) atoms. The second-order valence-electron chi connectivity index (χ2n) is 5.05.